The SMILES string of the molecule is CC(C)C1CN(c2nc3ccccc3o2)CCN1. The molecule has 0 spiro atoms. The van der Waals surface area contributed by atoms with Crippen LogP contribution in [0.25, 0.3) is 11.1 Å². The van der Waals surface area contributed by atoms with Crippen molar-refractivity contribution in [3.05, 3.63) is 24.3 Å². The van der Waals surface area contributed by atoms with Crippen LogP contribution in [-0.2, 0) is 0 Å². The quantitative estimate of drug-likeness (QED) is 0.881. The van der Waals surface area contributed by atoms with Crippen LogP contribution in [0.15, 0.2) is 28.7 Å². The molecule has 1 aliphatic heterocycles. The van der Waals surface area contributed by atoms with Gasteiger partial charge in [-0.25, -0.2) is 0 Å². The Kier molecular flexibility index (Phi) is 2.96. The normalized spacial score (nSPS) is 20.8. The number of hydrogen-bond acceptors (Lipinski definition) is 4. The van der Waals surface area contributed by atoms with Crippen LogP contribution in [0, 0.1) is 5.92 Å². The minimum absolute atomic E-state index is 0.508. The molecule has 1 aromatic heterocycles. The van der Waals surface area contributed by atoms with Crippen LogP contribution in [-0.4, -0.2) is 30.7 Å². The van der Waals surface area contributed by atoms with Gasteiger partial charge in [-0.15, -0.1) is 0 Å². The van der Waals surface area contributed by atoms with Crippen molar-refractivity contribution >= 4 is 17.1 Å². The third-order valence-electron chi connectivity index (χ3n) is 3.56. The number of hydrogen-bond donors (Lipinski definition) is 1. The molecule has 1 atom stereocenters. The number of nitrogens with zero attached hydrogens (tertiary/aromatic N) is 2. The van der Waals surface area contributed by atoms with Gasteiger partial charge in [-0.3, -0.25) is 0 Å². The third kappa shape index (κ3) is 2.08. The van der Waals surface area contributed by atoms with Crippen LogP contribution in [0.2, 0.25) is 0 Å². The van der Waals surface area contributed by atoms with E-state index < -0.39 is 0 Å². The first-order valence-corrected chi connectivity index (χ1v) is 6.58. The minimum Gasteiger partial charge on any atom is -0.423 e. The average molecular weight is 245 g/mol. The van der Waals surface area contributed by atoms with Crippen molar-refractivity contribution in [2.45, 2.75) is 19.9 Å². The van der Waals surface area contributed by atoms with E-state index in [1.807, 2.05) is 24.3 Å². The van der Waals surface area contributed by atoms with Crippen LogP contribution < -0.4 is 10.2 Å². The summed E-state index contributed by atoms with van der Waals surface area (Å²) in [5, 5.41) is 3.54. The van der Waals surface area contributed by atoms with Crippen LogP contribution in [0.3, 0.4) is 0 Å². The zero-order chi connectivity index (χ0) is 12.5. The van der Waals surface area contributed by atoms with Crippen molar-refractivity contribution in [1.29, 1.82) is 0 Å². The number of para-hydroxylation sites is 2. The first-order valence-electron chi connectivity index (χ1n) is 6.58. The standard InChI is InChI=1S/C14H19N3O/c1-10(2)12-9-17(8-7-15-12)14-16-11-5-3-4-6-13(11)18-14/h3-6,10,12,15H,7-9H2,1-2H3. The lowest BCUT2D eigenvalue weighted by Crippen LogP contribution is -2.53. The summed E-state index contributed by atoms with van der Waals surface area (Å²) in [6.45, 7) is 7.39. The van der Waals surface area contributed by atoms with Crippen LogP contribution in [0.4, 0.5) is 6.01 Å². The summed E-state index contributed by atoms with van der Waals surface area (Å²) >= 11 is 0. The van der Waals surface area contributed by atoms with E-state index in [0.717, 1.165) is 36.7 Å². The lowest BCUT2D eigenvalue weighted by molar-refractivity contribution is 0.357. The van der Waals surface area contributed by atoms with Gasteiger partial charge >= 0.3 is 0 Å². The highest BCUT2D eigenvalue weighted by atomic mass is 16.4. The molecule has 1 aromatic carbocycles. The fourth-order valence-electron chi connectivity index (χ4n) is 2.39. The summed E-state index contributed by atoms with van der Waals surface area (Å²) in [5.41, 5.74) is 1.80. The predicted octanol–water partition coefficient (Wildman–Crippen LogP) is 2.26. The maximum atomic E-state index is 5.82. The molecule has 0 radical (unpaired) electrons. The lowest BCUT2D eigenvalue weighted by Gasteiger charge is -2.34. The fourth-order valence-corrected chi connectivity index (χ4v) is 2.39. The Morgan fingerprint density at radius 3 is 3.00 bits per heavy atom. The fraction of sp³-hybridized carbons (Fsp3) is 0.500. The van der Waals surface area contributed by atoms with Crippen molar-refractivity contribution < 1.29 is 4.42 Å². The van der Waals surface area contributed by atoms with Gasteiger partial charge in [0.25, 0.3) is 6.01 Å². The van der Waals surface area contributed by atoms with E-state index in [9.17, 15) is 0 Å². The molecule has 4 nitrogen and oxygen atoms in total. The molecular formula is C14H19N3O. The molecule has 2 aromatic rings. The Morgan fingerprint density at radius 1 is 1.39 bits per heavy atom. The Labute approximate surface area is 107 Å². The summed E-state index contributed by atoms with van der Waals surface area (Å²) in [6, 6.07) is 9.19. The smallest absolute Gasteiger partial charge is 0.298 e. The number of rotatable bonds is 2. The van der Waals surface area contributed by atoms with Gasteiger partial charge < -0.3 is 14.6 Å². The van der Waals surface area contributed by atoms with E-state index in [0.29, 0.717) is 12.0 Å². The molecule has 1 unspecified atom stereocenters. The van der Waals surface area contributed by atoms with E-state index in [4.69, 9.17) is 4.42 Å². The second-order valence-electron chi connectivity index (χ2n) is 5.21. The number of anilines is 1. The van der Waals surface area contributed by atoms with Gasteiger partial charge in [0.15, 0.2) is 5.58 Å². The number of nitrogens with one attached hydrogen (secondary N) is 1. The molecule has 18 heavy (non-hydrogen) atoms. The zero-order valence-corrected chi connectivity index (χ0v) is 10.9. The predicted molar refractivity (Wildman–Crippen MR) is 72.9 cm³/mol. The van der Waals surface area contributed by atoms with Crippen molar-refractivity contribution in [3.63, 3.8) is 0 Å². The summed E-state index contributed by atoms with van der Waals surface area (Å²) in [6.07, 6.45) is 0. The molecule has 1 N–H and O–H groups in total. The van der Waals surface area contributed by atoms with Crippen molar-refractivity contribution in [1.82, 2.24) is 10.3 Å². The third-order valence-corrected chi connectivity index (χ3v) is 3.56. The highest BCUT2D eigenvalue weighted by molar-refractivity contribution is 5.74. The number of benzene rings is 1. The van der Waals surface area contributed by atoms with E-state index in [1.165, 1.54) is 0 Å². The molecule has 96 valence electrons. The van der Waals surface area contributed by atoms with Gasteiger partial charge in [-0.2, -0.15) is 4.98 Å². The molecule has 0 saturated carbocycles. The Morgan fingerprint density at radius 2 is 2.22 bits per heavy atom. The molecule has 0 bridgehead atoms. The molecule has 2 heterocycles. The maximum absolute atomic E-state index is 5.82. The second kappa shape index (κ2) is 4.61. The van der Waals surface area contributed by atoms with E-state index in [-0.39, 0.29) is 0 Å². The molecule has 0 aliphatic carbocycles. The van der Waals surface area contributed by atoms with Gasteiger partial charge in [-0.05, 0) is 18.1 Å². The second-order valence-corrected chi connectivity index (χ2v) is 5.21. The molecule has 1 saturated heterocycles. The van der Waals surface area contributed by atoms with Gasteiger partial charge in [0, 0.05) is 25.7 Å². The van der Waals surface area contributed by atoms with Crippen LogP contribution in [0.1, 0.15) is 13.8 Å². The number of fused-ring (bicyclic) bond motifs is 1. The molecule has 3 rings (SSSR count). The highest BCUT2D eigenvalue weighted by Gasteiger charge is 2.24. The first-order chi connectivity index (χ1) is 8.74. The minimum atomic E-state index is 0.508. The lowest BCUT2D eigenvalue weighted by atomic mass is 10.0. The molecule has 1 fully saturated rings. The summed E-state index contributed by atoms with van der Waals surface area (Å²) in [4.78, 5) is 6.80. The van der Waals surface area contributed by atoms with Crippen molar-refractivity contribution in [3.8, 4) is 0 Å². The molecular weight excluding hydrogens is 226 g/mol. The summed E-state index contributed by atoms with van der Waals surface area (Å²) < 4.78 is 5.82. The number of aromatic nitrogens is 1. The maximum Gasteiger partial charge on any atom is 0.298 e. The largest absolute Gasteiger partial charge is 0.423 e. The molecule has 0 amide bonds. The molecule has 1 aliphatic rings. The van der Waals surface area contributed by atoms with Crippen LogP contribution >= 0.6 is 0 Å². The van der Waals surface area contributed by atoms with Crippen LogP contribution in [0.5, 0.6) is 0 Å². The zero-order valence-electron chi connectivity index (χ0n) is 10.9. The summed E-state index contributed by atoms with van der Waals surface area (Å²) in [7, 11) is 0. The van der Waals surface area contributed by atoms with Gasteiger partial charge in [0.2, 0.25) is 0 Å². The van der Waals surface area contributed by atoms with Gasteiger partial charge in [0.1, 0.15) is 5.52 Å². The molecule has 4 heteroatoms. The summed E-state index contributed by atoms with van der Waals surface area (Å²) in [5.74, 6) is 0.622. The van der Waals surface area contributed by atoms with E-state index in [1.54, 1.807) is 0 Å². The average Bonchev–Trinajstić information content (AvgIpc) is 2.82. The topological polar surface area (TPSA) is 41.3 Å². The van der Waals surface area contributed by atoms with Crippen molar-refractivity contribution in [2.24, 2.45) is 5.92 Å². The van der Waals surface area contributed by atoms with Gasteiger partial charge in [-0.1, -0.05) is 26.0 Å². The van der Waals surface area contributed by atoms with E-state index in [2.05, 4.69) is 29.0 Å². The first kappa shape index (κ1) is 11.5. The van der Waals surface area contributed by atoms with E-state index >= 15 is 0 Å². The monoisotopic (exact) mass is 245 g/mol. The highest BCUT2D eigenvalue weighted by Crippen LogP contribution is 2.23. The van der Waals surface area contributed by atoms with Gasteiger partial charge in [0.05, 0.1) is 0 Å². The number of piperazine rings is 1. The number of oxazole rings is 1. The Bertz CT molecular complexity index is 502. The van der Waals surface area contributed by atoms with Crippen molar-refractivity contribution in [2.75, 3.05) is 24.5 Å². The Hall–Kier alpha value is -1.55. The Balaban J connectivity index is 1.85.